The number of amides is 1. The molecule has 24 heavy (non-hydrogen) atoms. The number of nitrogens with zero attached hydrogens (tertiary/aromatic N) is 2. The van der Waals surface area contributed by atoms with Crippen molar-refractivity contribution in [1.82, 2.24) is 9.80 Å². The Hall–Kier alpha value is -0.690. The SMILES string of the molecule is C[C@H](OC[C@@H]1CCCCO1)C(=O)N1C[C@@H](C)[C@@H](N2CCOCC2)C1. The van der Waals surface area contributed by atoms with Crippen molar-refractivity contribution in [3.63, 3.8) is 0 Å². The summed E-state index contributed by atoms with van der Waals surface area (Å²) in [6, 6.07) is 0.451. The van der Waals surface area contributed by atoms with Crippen molar-refractivity contribution >= 4 is 5.91 Å². The van der Waals surface area contributed by atoms with E-state index in [4.69, 9.17) is 14.2 Å². The van der Waals surface area contributed by atoms with Crippen molar-refractivity contribution in [3.8, 4) is 0 Å². The molecule has 0 spiro atoms. The minimum atomic E-state index is -0.383. The molecule has 0 aromatic rings. The summed E-state index contributed by atoms with van der Waals surface area (Å²) in [6.07, 6.45) is 3.15. The fourth-order valence-electron chi connectivity index (χ4n) is 4.03. The molecule has 3 saturated heterocycles. The maximum atomic E-state index is 12.7. The zero-order chi connectivity index (χ0) is 16.9. The Morgan fingerprint density at radius 1 is 1.21 bits per heavy atom. The number of carbonyl (C=O) groups is 1. The second-order valence-corrected chi connectivity index (χ2v) is 7.40. The number of hydrogen-bond acceptors (Lipinski definition) is 5. The number of morpholine rings is 1. The highest BCUT2D eigenvalue weighted by Crippen LogP contribution is 2.24. The van der Waals surface area contributed by atoms with Gasteiger partial charge in [-0.25, -0.2) is 0 Å². The smallest absolute Gasteiger partial charge is 0.251 e. The van der Waals surface area contributed by atoms with Crippen LogP contribution in [0.4, 0.5) is 0 Å². The van der Waals surface area contributed by atoms with Gasteiger partial charge in [-0.2, -0.15) is 0 Å². The Morgan fingerprint density at radius 2 is 2.00 bits per heavy atom. The van der Waals surface area contributed by atoms with Crippen LogP contribution in [0.15, 0.2) is 0 Å². The molecule has 0 unspecified atom stereocenters. The van der Waals surface area contributed by atoms with E-state index < -0.39 is 0 Å². The highest BCUT2D eigenvalue weighted by Gasteiger charge is 2.38. The molecule has 0 aromatic heterocycles. The summed E-state index contributed by atoms with van der Waals surface area (Å²) < 4.78 is 16.9. The zero-order valence-corrected chi connectivity index (χ0v) is 15.1. The zero-order valence-electron chi connectivity index (χ0n) is 15.1. The van der Waals surface area contributed by atoms with Crippen LogP contribution in [0, 0.1) is 5.92 Å². The molecule has 0 aliphatic carbocycles. The van der Waals surface area contributed by atoms with Crippen molar-refractivity contribution in [3.05, 3.63) is 0 Å². The molecule has 0 N–H and O–H groups in total. The first-order valence-electron chi connectivity index (χ1n) is 9.49. The van der Waals surface area contributed by atoms with Gasteiger partial charge >= 0.3 is 0 Å². The molecule has 3 fully saturated rings. The van der Waals surface area contributed by atoms with Crippen LogP contribution >= 0.6 is 0 Å². The highest BCUT2D eigenvalue weighted by atomic mass is 16.5. The van der Waals surface area contributed by atoms with Crippen LogP contribution in [0.3, 0.4) is 0 Å². The third-order valence-corrected chi connectivity index (χ3v) is 5.55. The summed E-state index contributed by atoms with van der Waals surface area (Å²) >= 11 is 0. The normalized spacial score (nSPS) is 33.6. The van der Waals surface area contributed by atoms with Gasteiger partial charge in [0, 0.05) is 38.8 Å². The molecule has 0 radical (unpaired) electrons. The molecule has 4 atom stereocenters. The van der Waals surface area contributed by atoms with Crippen LogP contribution in [0.2, 0.25) is 0 Å². The average Bonchev–Trinajstić information content (AvgIpc) is 3.02. The van der Waals surface area contributed by atoms with E-state index >= 15 is 0 Å². The summed E-state index contributed by atoms with van der Waals surface area (Å²) in [5.41, 5.74) is 0. The monoisotopic (exact) mass is 340 g/mol. The maximum absolute atomic E-state index is 12.7. The van der Waals surface area contributed by atoms with E-state index in [1.54, 1.807) is 0 Å². The minimum Gasteiger partial charge on any atom is -0.379 e. The standard InChI is InChI=1S/C18H32N2O4/c1-14-11-20(12-17(14)19-6-9-22-10-7-19)18(21)15(2)24-13-16-5-3-4-8-23-16/h14-17H,3-13H2,1-2H3/t14-,15+,16+,17+/m1/s1. The molecular weight excluding hydrogens is 308 g/mol. The molecule has 3 heterocycles. The summed E-state index contributed by atoms with van der Waals surface area (Å²) in [6.45, 7) is 10.7. The molecule has 3 rings (SSSR count). The lowest BCUT2D eigenvalue weighted by atomic mass is 10.0. The van der Waals surface area contributed by atoms with Crippen molar-refractivity contribution in [2.45, 2.75) is 51.4 Å². The first kappa shape index (κ1) is 18.1. The number of ether oxygens (including phenoxy) is 3. The Kier molecular flexibility index (Phi) is 6.49. The quantitative estimate of drug-likeness (QED) is 0.751. The van der Waals surface area contributed by atoms with Gasteiger partial charge in [0.05, 0.1) is 25.9 Å². The maximum Gasteiger partial charge on any atom is 0.251 e. The van der Waals surface area contributed by atoms with Crippen LogP contribution in [0.25, 0.3) is 0 Å². The molecule has 138 valence electrons. The predicted octanol–water partition coefficient (Wildman–Crippen LogP) is 1.14. The van der Waals surface area contributed by atoms with Crippen LogP contribution < -0.4 is 0 Å². The minimum absolute atomic E-state index is 0.119. The summed E-state index contributed by atoms with van der Waals surface area (Å²) in [5, 5.41) is 0. The van der Waals surface area contributed by atoms with Gasteiger partial charge in [0.1, 0.15) is 6.10 Å². The second-order valence-electron chi connectivity index (χ2n) is 7.40. The first-order valence-corrected chi connectivity index (χ1v) is 9.49. The number of likely N-dealkylation sites (tertiary alicyclic amines) is 1. The third kappa shape index (κ3) is 4.48. The van der Waals surface area contributed by atoms with E-state index in [-0.39, 0.29) is 18.1 Å². The fourth-order valence-corrected chi connectivity index (χ4v) is 4.03. The fraction of sp³-hybridized carbons (Fsp3) is 0.944. The Balaban J connectivity index is 1.45. The van der Waals surface area contributed by atoms with Crippen molar-refractivity contribution in [2.24, 2.45) is 5.92 Å². The van der Waals surface area contributed by atoms with Gasteiger partial charge in [-0.15, -0.1) is 0 Å². The third-order valence-electron chi connectivity index (χ3n) is 5.55. The molecular formula is C18H32N2O4. The van der Waals surface area contributed by atoms with E-state index in [2.05, 4.69) is 11.8 Å². The van der Waals surface area contributed by atoms with E-state index in [1.807, 2.05) is 11.8 Å². The van der Waals surface area contributed by atoms with Gasteiger partial charge in [-0.3, -0.25) is 9.69 Å². The van der Waals surface area contributed by atoms with Gasteiger partial charge in [-0.1, -0.05) is 6.92 Å². The molecule has 0 saturated carbocycles. The van der Waals surface area contributed by atoms with Gasteiger partial charge in [-0.05, 0) is 32.1 Å². The van der Waals surface area contributed by atoms with Crippen LogP contribution in [-0.2, 0) is 19.0 Å². The lowest BCUT2D eigenvalue weighted by molar-refractivity contribution is -0.145. The highest BCUT2D eigenvalue weighted by molar-refractivity contribution is 5.80. The summed E-state index contributed by atoms with van der Waals surface area (Å²) in [5.74, 6) is 0.620. The largest absolute Gasteiger partial charge is 0.379 e. The number of carbonyl (C=O) groups excluding carboxylic acids is 1. The van der Waals surface area contributed by atoms with Gasteiger partial charge < -0.3 is 19.1 Å². The number of hydrogen-bond donors (Lipinski definition) is 0. The molecule has 3 aliphatic rings. The van der Waals surface area contributed by atoms with E-state index in [1.165, 1.54) is 6.42 Å². The Morgan fingerprint density at radius 3 is 2.71 bits per heavy atom. The van der Waals surface area contributed by atoms with Crippen molar-refractivity contribution in [1.29, 1.82) is 0 Å². The molecule has 6 heteroatoms. The van der Waals surface area contributed by atoms with Crippen molar-refractivity contribution < 1.29 is 19.0 Å². The average molecular weight is 340 g/mol. The van der Waals surface area contributed by atoms with Gasteiger partial charge in [0.15, 0.2) is 0 Å². The van der Waals surface area contributed by atoms with Gasteiger partial charge in [0.25, 0.3) is 5.91 Å². The van der Waals surface area contributed by atoms with Crippen molar-refractivity contribution in [2.75, 3.05) is 52.6 Å². The molecule has 3 aliphatic heterocycles. The van der Waals surface area contributed by atoms with Crippen LogP contribution in [0.5, 0.6) is 0 Å². The second kappa shape index (κ2) is 8.61. The predicted molar refractivity (Wildman–Crippen MR) is 90.9 cm³/mol. The summed E-state index contributed by atoms with van der Waals surface area (Å²) in [4.78, 5) is 17.2. The summed E-state index contributed by atoms with van der Waals surface area (Å²) in [7, 11) is 0. The first-order chi connectivity index (χ1) is 11.6. The molecule has 1 amide bonds. The molecule has 0 bridgehead atoms. The van der Waals surface area contributed by atoms with Crippen LogP contribution in [-0.4, -0.2) is 86.6 Å². The van der Waals surface area contributed by atoms with Crippen LogP contribution in [0.1, 0.15) is 33.1 Å². The topological polar surface area (TPSA) is 51.2 Å². The van der Waals surface area contributed by atoms with E-state index in [0.29, 0.717) is 18.6 Å². The molecule has 6 nitrogen and oxygen atoms in total. The molecule has 0 aromatic carbocycles. The van der Waals surface area contributed by atoms with E-state index in [9.17, 15) is 4.79 Å². The lowest BCUT2D eigenvalue weighted by Crippen LogP contribution is -2.47. The Labute approximate surface area is 145 Å². The Bertz CT molecular complexity index is 408. The van der Waals surface area contributed by atoms with Gasteiger partial charge in [0.2, 0.25) is 0 Å². The lowest BCUT2D eigenvalue weighted by Gasteiger charge is -2.34. The van der Waals surface area contributed by atoms with E-state index in [0.717, 1.165) is 58.8 Å². The number of rotatable bonds is 5.